The number of nitrogens with zero attached hydrogens (tertiary/aromatic N) is 5. The highest BCUT2D eigenvalue weighted by molar-refractivity contribution is 5.72. The molecule has 4 rings (SSSR count). The molecule has 0 bridgehead atoms. The van der Waals surface area contributed by atoms with Gasteiger partial charge in [-0.15, -0.1) is 5.10 Å². The highest BCUT2D eigenvalue weighted by Crippen LogP contribution is 2.43. The minimum atomic E-state index is -4.66. The number of benzene rings is 1. The number of anilines is 1. The monoisotopic (exact) mass is 394 g/mol. The van der Waals surface area contributed by atoms with Gasteiger partial charge in [-0.2, -0.15) is 22.8 Å². The Morgan fingerprint density at radius 3 is 2.68 bits per heavy atom. The summed E-state index contributed by atoms with van der Waals surface area (Å²) < 4.78 is 45.6. The predicted molar refractivity (Wildman–Crippen MR) is 93.3 cm³/mol. The van der Waals surface area contributed by atoms with Crippen LogP contribution in [0.4, 0.5) is 19.1 Å². The van der Waals surface area contributed by atoms with E-state index in [0.717, 1.165) is 0 Å². The standard InChI is InChI=1S/C17H17F3N6O2/c1-28-12-4-2-11(3-5-12)26-14-13(24-25-26)9-21-15(23-14)22-10-6-7-16(27,8-10)17(18,19)20/h2-5,9-10,27H,6-8H2,1H3,(H,21,22,23)/t10-,16-/m0/s1. The van der Waals surface area contributed by atoms with Crippen molar-refractivity contribution in [2.45, 2.75) is 37.1 Å². The van der Waals surface area contributed by atoms with Crippen molar-refractivity contribution in [1.29, 1.82) is 0 Å². The number of fused-ring (bicyclic) bond motifs is 1. The van der Waals surface area contributed by atoms with E-state index < -0.39 is 24.2 Å². The molecule has 148 valence electrons. The van der Waals surface area contributed by atoms with Crippen LogP contribution in [0.2, 0.25) is 0 Å². The second-order valence-electron chi connectivity index (χ2n) is 6.72. The number of methoxy groups -OCH3 is 1. The Bertz CT molecular complexity index is 991. The first-order valence-corrected chi connectivity index (χ1v) is 8.58. The lowest BCUT2D eigenvalue weighted by Gasteiger charge is -2.25. The lowest BCUT2D eigenvalue weighted by molar-refractivity contribution is -0.257. The Kier molecular flexibility index (Phi) is 4.33. The topological polar surface area (TPSA) is 98.0 Å². The van der Waals surface area contributed by atoms with Gasteiger partial charge in [0.25, 0.3) is 0 Å². The maximum atomic E-state index is 13.0. The molecule has 1 aromatic carbocycles. The molecular weight excluding hydrogens is 377 g/mol. The summed E-state index contributed by atoms with van der Waals surface area (Å²) in [6.45, 7) is 0. The van der Waals surface area contributed by atoms with E-state index in [2.05, 4.69) is 25.6 Å². The van der Waals surface area contributed by atoms with E-state index >= 15 is 0 Å². The van der Waals surface area contributed by atoms with Gasteiger partial charge in [0.15, 0.2) is 16.8 Å². The van der Waals surface area contributed by atoms with Crippen molar-refractivity contribution in [1.82, 2.24) is 25.0 Å². The lowest BCUT2D eigenvalue weighted by Crippen LogP contribution is -2.43. The number of aliphatic hydroxyl groups is 1. The zero-order valence-electron chi connectivity index (χ0n) is 14.8. The summed E-state index contributed by atoms with van der Waals surface area (Å²) in [7, 11) is 1.56. The first-order chi connectivity index (χ1) is 13.3. The Morgan fingerprint density at radius 2 is 2.04 bits per heavy atom. The molecular formula is C17H17F3N6O2. The van der Waals surface area contributed by atoms with Crippen LogP contribution < -0.4 is 10.1 Å². The molecule has 0 amide bonds. The van der Waals surface area contributed by atoms with Crippen molar-refractivity contribution < 1.29 is 23.0 Å². The molecule has 1 fully saturated rings. The fourth-order valence-electron chi connectivity index (χ4n) is 3.28. The molecule has 8 nitrogen and oxygen atoms in total. The normalized spacial score (nSPS) is 22.5. The van der Waals surface area contributed by atoms with Gasteiger partial charge in [0.05, 0.1) is 19.0 Å². The second kappa shape index (κ2) is 6.59. The van der Waals surface area contributed by atoms with Crippen LogP contribution in [-0.4, -0.2) is 55.0 Å². The fourth-order valence-corrected chi connectivity index (χ4v) is 3.28. The molecule has 0 saturated heterocycles. The van der Waals surface area contributed by atoms with E-state index in [4.69, 9.17) is 4.74 Å². The molecule has 0 radical (unpaired) electrons. The highest BCUT2D eigenvalue weighted by Gasteiger charge is 2.57. The zero-order chi connectivity index (χ0) is 19.9. The van der Waals surface area contributed by atoms with Crippen LogP contribution in [0.1, 0.15) is 19.3 Å². The van der Waals surface area contributed by atoms with Gasteiger partial charge in [0.2, 0.25) is 5.95 Å². The molecule has 2 atom stereocenters. The number of nitrogens with one attached hydrogen (secondary N) is 1. The second-order valence-corrected chi connectivity index (χ2v) is 6.72. The summed E-state index contributed by atoms with van der Waals surface area (Å²) in [5.41, 5.74) is -1.13. The average molecular weight is 394 g/mol. The summed E-state index contributed by atoms with van der Waals surface area (Å²) in [5, 5.41) is 20.7. The summed E-state index contributed by atoms with van der Waals surface area (Å²) in [6, 6.07) is 6.50. The Morgan fingerprint density at radius 1 is 1.29 bits per heavy atom. The number of alkyl halides is 3. The third kappa shape index (κ3) is 3.21. The first kappa shape index (κ1) is 18.4. The molecule has 11 heteroatoms. The van der Waals surface area contributed by atoms with Gasteiger partial charge in [-0.25, -0.2) is 4.98 Å². The number of rotatable bonds is 4. The van der Waals surface area contributed by atoms with Gasteiger partial charge in [0.1, 0.15) is 5.75 Å². The molecule has 2 aromatic heterocycles. The van der Waals surface area contributed by atoms with E-state index in [1.54, 1.807) is 31.4 Å². The van der Waals surface area contributed by atoms with Gasteiger partial charge >= 0.3 is 6.18 Å². The third-order valence-electron chi connectivity index (χ3n) is 4.86. The number of aromatic nitrogens is 5. The third-order valence-corrected chi connectivity index (χ3v) is 4.86. The van der Waals surface area contributed by atoms with Crippen LogP contribution in [0.5, 0.6) is 5.75 Å². The summed E-state index contributed by atoms with van der Waals surface area (Å²) in [4.78, 5) is 8.44. The molecule has 0 spiro atoms. The molecule has 2 heterocycles. The number of ether oxygens (including phenoxy) is 1. The van der Waals surface area contributed by atoms with Gasteiger partial charge in [0, 0.05) is 12.5 Å². The van der Waals surface area contributed by atoms with Crippen LogP contribution in [0.25, 0.3) is 16.9 Å². The van der Waals surface area contributed by atoms with Gasteiger partial charge in [-0.3, -0.25) is 0 Å². The largest absolute Gasteiger partial charge is 0.497 e. The minimum Gasteiger partial charge on any atom is -0.497 e. The molecule has 1 aliphatic carbocycles. The number of hydrogen-bond acceptors (Lipinski definition) is 7. The lowest BCUT2D eigenvalue weighted by atomic mass is 10.0. The number of halogens is 3. The van der Waals surface area contributed by atoms with Crippen molar-refractivity contribution in [2.75, 3.05) is 12.4 Å². The van der Waals surface area contributed by atoms with Crippen LogP contribution >= 0.6 is 0 Å². The van der Waals surface area contributed by atoms with Crippen LogP contribution in [-0.2, 0) is 0 Å². The summed E-state index contributed by atoms with van der Waals surface area (Å²) >= 11 is 0. The molecule has 2 N–H and O–H groups in total. The summed E-state index contributed by atoms with van der Waals surface area (Å²) in [5.74, 6) is 0.838. The van der Waals surface area contributed by atoms with Crippen molar-refractivity contribution >= 4 is 17.1 Å². The van der Waals surface area contributed by atoms with E-state index in [-0.39, 0.29) is 18.8 Å². The Labute approximate surface area is 157 Å². The van der Waals surface area contributed by atoms with E-state index in [1.165, 1.54) is 10.9 Å². The average Bonchev–Trinajstić information content (AvgIpc) is 3.26. The van der Waals surface area contributed by atoms with Crippen LogP contribution in [0.3, 0.4) is 0 Å². The minimum absolute atomic E-state index is 0.154. The van der Waals surface area contributed by atoms with Gasteiger partial charge < -0.3 is 15.2 Å². The SMILES string of the molecule is COc1ccc(-n2nnc3cnc(N[C@H]4CC[C@@](O)(C(F)(F)F)C4)nc32)cc1. The van der Waals surface area contributed by atoms with E-state index in [1.807, 2.05) is 0 Å². The maximum absolute atomic E-state index is 13.0. The Balaban J connectivity index is 1.58. The fraction of sp³-hybridized carbons (Fsp3) is 0.412. The van der Waals surface area contributed by atoms with Crippen molar-refractivity contribution in [3.05, 3.63) is 30.5 Å². The first-order valence-electron chi connectivity index (χ1n) is 8.58. The number of hydrogen-bond donors (Lipinski definition) is 2. The van der Waals surface area contributed by atoms with Crippen molar-refractivity contribution in [3.8, 4) is 11.4 Å². The molecule has 3 aromatic rings. The predicted octanol–water partition coefficient (Wildman–Crippen LogP) is 2.48. The smallest absolute Gasteiger partial charge is 0.417 e. The Hall–Kier alpha value is -2.95. The van der Waals surface area contributed by atoms with Crippen molar-refractivity contribution in [2.24, 2.45) is 0 Å². The van der Waals surface area contributed by atoms with Crippen molar-refractivity contribution in [3.63, 3.8) is 0 Å². The molecule has 1 aliphatic rings. The van der Waals surface area contributed by atoms with Gasteiger partial charge in [-0.05, 0) is 37.1 Å². The maximum Gasteiger partial charge on any atom is 0.417 e. The zero-order valence-corrected chi connectivity index (χ0v) is 14.8. The van der Waals surface area contributed by atoms with Crippen LogP contribution in [0, 0.1) is 0 Å². The molecule has 1 saturated carbocycles. The van der Waals surface area contributed by atoms with Crippen LogP contribution in [0.15, 0.2) is 30.5 Å². The highest BCUT2D eigenvalue weighted by atomic mass is 19.4. The van der Waals surface area contributed by atoms with Gasteiger partial charge in [-0.1, -0.05) is 5.21 Å². The molecule has 28 heavy (non-hydrogen) atoms. The summed E-state index contributed by atoms with van der Waals surface area (Å²) in [6.07, 6.45) is -3.86. The quantitative estimate of drug-likeness (QED) is 0.702. The van der Waals surface area contributed by atoms with E-state index in [0.29, 0.717) is 22.6 Å². The molecule has 0 unspecified atom stereocenters. The molecule has 0 aliphatic heterocycles. The van der Waals surface area contributed by atoms with E-state index in [9.17, 15) is 18.3 Å².